The van der Waals surface area contributed by atoms with Crippen LogP contribution >= 0.6 is 24.0 Å². The fourth-order valence-electron chi connectivity index (χ4n) is 2.24. The predicted octanol–water partition coefficient (Wildman–Crippen LogP) is 4.40. The third-order valence-electron chi connectivity index (χ3n) is 3.55. The number of halogens is 3. The lowest BCUT2D eigenvalue weighted by Gasteiger charge is -2.09. The second-order valence-electron chi connectivity index (χ2n) is 5.54. The molecule has 0 saturated carbocycles. The van der Waals surface area contributed by atoms with Crippen LogP contribution in [0, 0.1) is 0 Å². The lowest BCUT2D eigenvalue weighted by atomic mass is 10.1. The van der Waals surface area contributed by atoms with E-state index in [4.69, 9.17) is 12.2 Å². The van der Waals surface area contributed by atoms with E-state index in [-0.39, 0.29) is 5.75 Å². The molecule has 0 aliphatic rings. The van der Waals surface area contributed by atoms with Crippen molar-refractivity contribution < 1.29 is 17.9 Å². The fraction of sp³-hybridized carbons (Fsp3) is 0.111. The Balaban J connectivity index is 1.69. The van der Waals surface area contributed by atoms with Crippen molar-refractivity contribution in [3.05, 3.63) is 60.4 Å². The van der Waals surface area contributed by atoms with Crippen molar-refractivity contribution in [3.63, 3.8) is 0 Å². The highest BCUT2D eigenvalue weighted by molar-refractivity contribution is 8.22. The minimum atomic E-state index is -4.73. The van der Waals surface area contributed by atoms with Gasteiger partial charge in [-0.2, -0.15) is 5.10 Å². The molecular formula is C18H14F3N5OS2. The van der Waals surface area contributed by atoms with Crippen LogP contribution in [0.5, 0.6) is 5.75 Å². The van der Waals surface area contributed by atoms with E-state index in [0.29, 0.717) is 15.8 Å². The van der Waals surface area contributed by atoms with E-state index in [1.807, 2.05) is 30.5 Å². The number of thioether (sulfide) groups is 1. The van der Waals surface area contributed by atoms with Gasteiger partial charge in [0, 0.05) is 5.56 Å². The van der Waals surface area contributed by atoms with Gasteiger partial charge in [-0.3, -0.25) is 5.43 Å². The summed E-state index contributed by atoms with van der Waals surface area (Å²) in [5, 5.41) is 8.39. The molecule has 1 N–H and O–H groups in total. The SMILES string of the molecule is CSC(=S)N/N=C\c1ccc(-c2ncn(-c3ccc(OC(F)(F)F)cc3)n2)cc1. The molecule has 11 heteroatoms. The summed E-state index contributed by atoms with van der Waals surface area (Å²) < 4.78 is 42.6. The number of hydrogen-bond acceptors (Lipinski definition) is 6. The summed E-state index contributed by atoms with van der Waals surface area (Å²) in [6, 6.07) is 12.8. The Labute approximate surface area is 173 Å². The van der Waals surface area contributed by atoms with Gasteiger partial charge in [0.25, 0.3) is 0 Å². The third kappa shape index (κ3) is 6.03. The van der Waals surface area contributed by atoms with Crippen LogP contribution in [0.1, 0.15) is 5.56 Å². The highest BCUT2D eigenvalue weighted by Gasteiger charge is 2.30. The summed E-state index contributed by atoms with van der Waals surface area (Å²) in [6.07, 6.45) is 0.257. The monoisotopic (exact) mass is 437 g/mol. The molecular weight excluding hydrogens is 423 g/mol. The zero-order valence-electron chi connectivity index (χ0n) is 14.9. The summed E-state index contributed by atoms with van der Waals surface area (Å²) in [5.41, 5.74) is 4.93. The van der Waals surface area contributed by atoms with Crippen molar-refractivity contribution in [2.45, 2.75) is 6.36 Å². The van der Waals surface area contributed by atoms with Crippen LogP contribution in [0.25, 0.3) is 17.1 Å². The molecule has 3 aromatic rings. The van der Waals surface area contributed by atoms with Gasteiger partial charge in [0.05, 0.1) is 11.9 Å². The van der Waals surface area contributed by atoms with Gasteiger partial charge in [-0.25, -0.2) is 9.67 Å². The van der Waals surface area contributed by atoms with E-state index >= 15 is 0 Å². The number of rotatable bonds is 5. The van der Waals surface area contributed by atoms with Gasteiger partial charge in [-0.1, -0.05) is 48.2 Å². The average molecular weight is 437 g/mol. The third-order valence-corrected chi connectivity index (χ3v) is 4.60. The molecule has 0 unspecified atom stereocenters. The minimum Gasteiger partial charge on any atom is -0.406 e. The number of thiocarbonyl (C=S) groups is 1. The Hall–Kier alpha value is -2.92. The average Bonchev–Trinajstić information content (AvgIpc) is 3.18. The van der Waals surface area contributed by atoms with Crippen LogP contribution in [-0.4, -0.2) is 37.9 Å². The van der Waals surface area contributed by atoms with E-state index in [1.54, 1.807) is 6.21 Å². The van der Waals surface area contributed by atoms with E-state index in [9.17, 15) is 13.2 Å². The first-order valence-electron chi connectivity index (χ1n) is 8.09. The Morgan fingerprint density at radius 2 is 1.86 bits per heavy atom. The first-order chi connectivity index (χ1) is 13.8. The molecule has 1 aromatic heterocycles. The standard InChI is InChI=1S/C18H14F3N5OS2/c1-29-17(28)24-23-10-12-2-4-13(5-3-12)16-22-11-26(25-16)14-6-8-15(9-7-14)27-18(19,20)21/h2-11H,1H3,(H,24,28)/b23-10-. The second kappa shape index (κ2) is 9.05. The number of hydrogen-bond donors (Lipinski definition) is 1. The summed E-state index contributed by atoms with van der Waals surface area (Å²) in [6.45, 7) is 0. The molecule has 0 aliphatic carbocycles. The molecule has 0 atom stereocenters. The number of hydrazone groups is 1. The molecule has 0 saturated heterocycles. The maximum Gasteiger partial charge on any atom is 0.573 e. The Kier molecular flexibility index (Phi) is 6.49. The van der Waals surface area contributed by atoms with Gasteiger partial charge < -0.3 is 4.74 Å². The quantitative estimate of drug-likeness (QED) is 0.363. The summed E-state index contributed by atoms with van der Waals surface area (Å²) in [5.74, 6) is 0.178. The van der Waals surface area contributed by atoms with E-state index in [2.05, 4.69) is 25.3 Å². The topological polar surface area (TPSA) is 64.3 Å². The fourth-order valence-corrected chi connectivity index (χ4v) is 2.44. The van der Waals surface area contributed by atoms with Gasteiger partial charge in [-0.15, -0.1) is 18.3 Å². The van der Waals surface area contributed by atoms with Crippen molar-refractivity contribution in [1.29, 1.82) is 0 Å². The van der Waals surface area contributed by atoms with Crippen LogP contribution in [0.15, 0.2) is 60.0 Å². The zero-order valence-corrected chi connectivity index (χ0v) is 16.6. The van der Waals surface area contributed by atoms with Crippen LogP contribution in [0.4, 0.5) is 13.2 Å². The first kappa shape index (κ1) is 20.8. The van der Waals surface area contributed by atoms with Gasteiger partial charge in [0.1, 0.15) is 12.1 Å². The largest absolute Gasteiger partial charge is 0.573 e. The summed E-state index contributed by atoms with van der Waals surface area (Å²) in [7, 11) is 0. The smallest absolute Gasteiger partial charge is 0.406 e. The highest BCUT2D eigenvalue weighted by atomic mass is 32.2. The van der Waals surface area contributed by atoms with Crippen molar-refractivity contribution in [2.75, 3.05) is 6.26 Å². The van der Waals surface area contributed by atoms with Crippen molar-refractivity contribution >= 4 is 34.5 Å². The van der Waals surface area contributed by atoms with E-state index < -0.39 is 6.36 Å². The first-order valence-corrected chi connectivity index (χ1v) is 9.73. The lowest BCUT2D eigenvalue weighted by Crippen LogP contribution is -2.17. The molecule has 1 heterocycles. The van der Waals surface area contributed by atoms with Crippen LogP contribution in [-0.2, 0) is 0 Å². The summed E-state index contributed by atoms with van der Waals surface area (Å²) >= 11 is 6.38. The Bertz CT molecular complexity index is 1000. The number of nitrogens with zero attached hydrogens (tertiary/aromatic N) is 4. The van der Waals surface area contributed by atoms with Crippen molar-refractivity contribution in [1.82, 2.24) is 20.2 Å². The molecule has 29 heavy (non-hydrogen) atoms. The summed E-state index contributed by atoms with van der Waals surface area (Å²) in [4.78, 5) is 4.25. The minimum absolute atomic E-state index is 0.299. The van der Waals surface area contributed by atoms with E-state index in [1.165, 1.54) is 47.0 Å². The predicted molar refractivity (Wildman–Crippen MR) is 110 cm³/mol. The maximum absolute atomic E-state index is 12.2. The number of benzene rings is 2. The van der Waals surface area contributed by atoms with Gasteiger partial charge in [0.2, 0.25) is 0 Å². The normalized spacial score (nSPS) is 11.6. The second-order valence-corrected chi connectivity index (χ2v) is 7.02. The van der Waals surface area contributed by atoms with Crippen molar-refractivity contribution in [2.24, 2.45) is 5.10 Å². The maximum atomic E-state index is 12.2. The molecule has 0 spiro atoms. The molecule has 0 bridgehead atoms. The van der Waals surface area contributed by atoms with Crippen LogP contribution < -0.4 is 10.2 Å². The molecule has 0 aliphatic heterocycles. The highest BCUT2D eigenvalue weighted by Crippen LogP contribution is 2.24. The Morgan fingerprint density at radius 1 is 1.17 bits per heavy atom. The van der Waals surface area contributed by atoms with E-state index in [0.717, 1.165) is 11.1 Å². The lowest BCUT2D eigenvalue weighted by molar-refractivity contribution is -0.274. The molecule has 2 aromatic carbocycles. The number of ether oxygens (including phenoxy) is 1. The number of alkyl halides is 3. The van der Waals surface area contributed by atoms with Crippen LogP contribution in [0.2, 0.25) is 0 Å². The zero-order chi connectivity index (χ0) is 20.9. The van der Waals surface area contributed by atoms with Gasteiger partial charge in [0.15, 0.2) is 10.1 Å². The number of nitrogens with one attached hydrogen (secondary N) is 1. The Morgan fingerprint density at radius 3 is 2.48 bits per heavy atom. The molecule has 6 nitrogen and oxygen atoms in total. The van der Waals surface area contributed by atoms with Crippen molar-refractivity contribution in [3.8, 4) is 22.8 Å². The van der Waals surface area contributed by atoms with Gasteiger partial charge >= 0.3 is 6.36 Å². The van der Waals surface area contributed by atoms with Gasteiger partial charge in [-0.05, 0) is 36.1 Å². The molecule has 150 valence electrons. The number of aromatic nitrogens is 3. The molecule has 3 rings (SSSR count). The van der Waals surface area contributed by atoms with Crippen LogP contribution in [0.3, 0.4) is 0 Å². The molecule has 0 fully saturated rings. The molecule has 0 amide bonds. The molecule has 0 radical (unpaired) electrons.